The Bertz CT molecular complexity index is 344. The van der Waals surface area contributed by atoms with Crippen LogP contribution in [0.1, 0.15) is 20.8 Å². The molecule has 0 saturated carbocycles. The number of ether oxygens (including phenoxy) is 4. The summed E-state index contributed by atoms with van der Waals surface area (Å²) < 4.78 is 20.8. The van der Waals surface area contributed by atoms with Crippen LogP contribution in [0.2, 0.25) is 0 Å². The molecule has 0 aromatic carbocycles. The lowest BCUT2D eigenvalue weighted by Gasteiger charge is -2.16. The topological polar surface area (TPSA) is 109 Å². The van der Waals surface area contributed by atoms with E-state index in [4.69, 9.17) is 24.7 Å². The fourth-order valence-electron chi connectivity index (χ4n) is 1.39. The highest BCUT2D eigenvalue weighted by atomic mass is 16.5. The SMILES string of the molecule is CC(C)(C)C(=O)COCC(=O)NCCOCCOCCOCCN. The molecule has 0 unspecified atom stereocenters. The van der Waals surface area contributed by atoms with Crippen molar-refractivity contribution >= 4 is 11.7 Å². The Morgan fingerprint density at radius 1 is 0.833 bits per heavy atom. The Balaban J connectivity index is 3.33. The Hall–Kier alpha value is -1.06. The molecular weight excluding hydrogens is 316 g/mol. The van der Waals surface area contributed by atoms with Gasteiger partial charge in [0, 0.05) is 18.5 Å². The predicted octanol–water partition coefficient (Wildman–Crippen LogP) is -0.257. The molecule has 24 heavy (non-hydrogen) atoms. The quantitative estimate of drug-likeness (QED) is 0.393. The minimum Gasteiger partial charge on any atom is -0.378 e. The molecule has 142 valence electrons. The van der Waals surface area contributed by atoms with Crippen molar-refractivity contribution in [3.05, 3.63) is 0 Å². The smallest absolute Gasteiger partial charge is 0.246 e. The van der Waals surface area contributed by atoms with Crippen molar-refractivity contribution in [1.29, 1.82) is 0 Å². The van der Waals surface area contributed by atoms with Crippen LogP contribution in [0, 0.1) is 5.41 Å². The van der Waals surface area contributed by atoms with Crippen LogP contribution in [-0.2, 0) is 28.5 Å². The zero-order chi connectivity index (χ0) is 18.3. The number of carbonyl (C=O) groups is 2. The molecule has 3 N–H and O–H groups in total. The number of hydrogen-bond acceptors (Lipinski definition) is 7. The Labute approximate surface area is 144 Å². The van der Waals surface area contributed by atoms with E-state index >= 15 is 0 Å². The van der Waals surface area contributed by atoms with Gasteiger partial charge in [-0.3, -0.25) is 9.59 Å². The third-order valence-electron chi connectivity index (χ3n) is 2.88. The van der Waals surface area contributed by atoms with Gasteiger partial charge in [-0.1, -0.05) is 20.8 Å². The van der Waals surface area contributed by atoms with Gasteiger partial charge in [-0.05, 0) is 0 Å². The molecule has 0 saturated heterocycles. The lowest BCUT2D eigenvalue weighted by Crippen LogP contribution is -2.33. The van der Waals surface area contributed by atoms with E-state index in [9.17, 15) is 9.59 Å². The minimum absolute atomic E-state index is 0.0351. The van der Waals surface area contributed by atoms with Crippen molar-refractivity contribution in [1.82, 2.24) is 5.32 Å². The summed E-state index contributed by atoms with van der Waals surface area (Å²) in [6.45, 7) is 9.01. The molecule has 0 radical (unpaired) electrons. The highest BCUT2D eigenvalue weighted by Gasteiger charge is 2.21. The van der Waals surface area contributed by atoms with E-state index < -0.39 is 5.41 Å². The van der Waals surface area contributed by atoms with E-state index in [-0.39, 0.29) is 24.9 Å². The van der Waals surface area contributed by atoms with Gasteiger partial charge in [-0.2, -0.15) is 0 Å². The van der Waals surface area contributed by atoms with Crippen LogP contribution in [-0.4, -0.2) is 77.6 Å². The maximum atomic E-state index is 11.6. The molecular formula is C16H32N2O6. The van der Waals surface area contributed by atoms with E-state index in [1.54, 1.807) is 0 Å². The number of ketones is 1. The maximum Gasteiger partial charge on any atom is 0.246 e. The molecule has 0 fully saturated rings. The average molecular weight is 348 g/mol. The molecule has 0 aromatic heterocycles. The van der Waals surface area contributed by atoms with Crippen molar-refractivity contribution in [2.45, 2.75) is 20.8 Å². The standard InChI is InChI=1S/C16H32N2O6/c1-16(2,3)14(19)12-24-13-15(20)18-5-7-22-9-11-23-10-8-21-6-4-17/h4-13,17H2,1-3H3,(H,18,20). The Morgan fingerprint density at radius 3 is 1.92 bits per heavy atom. The first-order chi connectivity index (χ1) is 11.4. The summed E-state index contributed by atoms with van der Waals surface area (Å²) in [7, 11) is 0. The third kappa shape index (κ3) is 14.5. The molecule has 0 bridgehead atoms. The summed E-state index contributed by atoms with van der Waals surface area (Å²) in [6, 6.07) is 0. The highest BCUT2D eigenvalue weighted by molar-refractivity contribution is 5.85. The number of nitrogens with two attached hydrogens (primary N) is 1. The molecule has 0 spiro atoms. The first-order valence-electron chi connectivity index (χ1n) is 8.19. The van der Waals surface area contributed by atoms with E-state index in [0.29, 0.717) is 52.7 Å². The average Bonchev–Trinajstić information content (AvgIpc) is 2.51. The van der Waals surface area contributed by atoms with Crippen LogP contribution in [0.15, 0.2) is 0 Å². The molecule has 0 atom stereocenters. The van der Waals surface area contributed by atoms with E-state index in [2.05, 4.69) is 5.32 Å². The number of rotatable bonds is 15. The number of nitrogens with one attached hydrogen (secondary N) is 1. The predicted molar refractivity (Wildman–Crippen MR) is 89.8 cm³/mol. The van der Waals surface area contributed by atoms with E-state index in [0.717, 1.165) is 0 Å². The second-order valence-corrected chi connectivity index (χ2v) is 6.14. The molecule has 0 aromatic rings. The van der Waals surface area contributed by atoms with Crippen LogP contribution in [0.25, 0.3) is 0 Å². The summed E-state index contributed by atoms with van der Waals surface area (Å²) in [6.07, 6.45) is 0. The first-order valence-corrected chi connectivity index (χ1v) is 8.19. The Kier molecular flexibility index (Phi) is 13.7. The Morgan fingerprint density at radius 2 is 1.38 bits per heavy atom. The summed E-state index contributed by atoms with van der Waals surface area (Å²) in [4.78, 5) is 23.1. The van der Waals surface area contributed by atoms with Gasteiger partial charge in [-0.15, -0.1) is 0 Å². The van der Waals surface area contributed by atoms with E-state index in [1.807, 2.05) is 20.8 Å². The minimum atomic E-state index is -0.455. The molecule has 1 amide bonds. The lowest BCUT2D eigenvalue weighted by atomic mass is 9.91. The van der Waals surface area contributed by atoms with Gasteiger partial charge in [0.2, 0.25) is 5.91 Å². The number of Topliss-reactive ketones (excluding diaryl/α,β-unsaturated/α-hetero) is 1. The number of carbonyl (C=O) groups excluding carboxylic acids is 2. The molecule has 0 aliphatic carbocycles. The summed E-state index contributed by atoms with van der Waals surface area (Å²) >= 11 is 0. The summed E-state index contributed by atoms with van der Waals surface area (Å²) in [5.74, 6) is -0.305. The van der Waals surface area contributed by atoms with Gasteiger partial charge >= 0.3 is 0 Å². The zero-order valence-electron chi connectivity index (χ0n) is 15.1. The number of hydrogen-bond donors (Lipinski definition) is 2. The number of amides is 1. The molecule has 0 aliphatic heterocycles. The molecule has 8 nitrogen and oxygen atoms in total. The van der Waals surface area contributed by atoms with Gasteiger partial charge in [0.1, 0.15) is 13.2 Å². The monoisotopic (exact) mass is 348 g/mol. The molecule has 8 heteroatoms. The lowest BCUT2D eigenvalue weighted by molar-refractivity contribution is -0.134. The van der Waals surface area contributed by atoms with Gasteiger partial charge in [0.15, 0.2) is 5.78 Å². The van der Waals surface area contributed by atoms with Gasteiger partial charge in [-0.25, -0.2) is 0 Å². The van der Waals surface area contributed by atoms with Crippen LogP contribution >= 0.6 is 0 Å². The van der Waals surface area contributed by atoms with Gasteiger partial charge in [0.25, 0.3) is 0 Å². The van der Waals surface area contributed by atoms with Gasteiger partial charge < -0.3 is 30.0 Å². The molecule has 0 heterocycles. The highest BCUT2D eigenvalue weighted by Crippen LogP contribution is 2.14. The largest absolute Gasteiger partial charge is 0.378 e. The molecule has 0 aliphatic rings. The van der Waals surface area contributed by atoms with Crippen LogP contribution in [0.5, 0.6) is 0 Å². The second kappa shape index (κ2) is 14.3. The van der Waals surface area contributed by atoms with Crippen molar-refractivity contribution in [2.75, 3.05) is 65.9 Å². The van der Waals surface area contributed by atoms with Crippen LogP contribution in [0.3, 0.4) is 0 Å². The summed E-state index contributed by atoms with van der Waals surface area (Å²) in [5.41, 5.74) is 4.82. The second-order valence-electron chi connectivity index (χ2n) is 6.14. The third-order valence-corrected chi connectivity index (χ3v) is 2.88. The summed E-state index contributed by atoms with van der Waals surface area (Å²) in [5, 5.41) is 2.65. The normalized spacial score (nSPS) is 11.5. The van der Waals surface area contributed by atoms with Crippen LogP contribution < -0.4 is 11.1 Å². The van der Waals surface area contributed by atoms with Crippen molar-refractivity contribution in [3.63, 3.8) is 0 Å². The van der Waals surface area contributed by atoms with E-state index in [1.165, 1.54) is 0 Å². The first kappa shape index (κ1) is 22.9. The van der Waals surface area contributed by atoms with Gasteiger partial charge in [0.05, 0.1) is 39.6 Å². The zero-order valence-corrected chi connectivity index (χ0v) is 15.1. The van der Waals surface area contributed by atoms with Crippen molar-refractivity contribution in [2.24, 2.45) is 11.1 Å². The fourth-order valence-corrected chi connectivity index (χ4v) is 1.39. The van der Waals surface area contributed by atoms with Crippen molar-refractivity contribution < 1.29 is 28.5 Å². The van der Waals surface area contributed by atoms with Crippen LogP contribution in [0.4, 0.5) is 0 Å². The molecule has 0 rings (SSSR count). The van der Waals surface area contributed by atoms with Crippen molar-refractivity contribution in [3.8, 4) is 0 Å². The fraction of sp³-hybridized carbons (Fsp3) is 0.875. The maximum absolute atomic E-state index is 11.6.